The van der Waals surface area contributed by atoms with Gasteiger partial charge in [0.2, 0.25) is 0 Å². The molecule has 1 aromatic carbocycles. The van der Waals surface area contributed by atoms with Crippen molar-refractivity contribution in [1.29, 1.82) is 0 Å². The lowest BCUT2D eigenvalue weighted by Gasteiger charge is -2.09. The van der Waals surface area contributed by atoms with Crippen molar-refractivity contribution in [2.45, 2.75) is 13.8 Å². The predicted molar refractivity (Wildman–Crippen MR) is 76.2 cm³/mol. The van der Waals surface area contributed by atoms with Gasteiger partial charge in [0.15, 0.2) is 0 Å². The van der Waals surface area contributed by atoms with Crippen LogP contribution in [0, 0.1) is 6.92 Å². The predicted octanol–water partition coefficient (Wildman–Crippen LogP) is 3.03. The summed E-state index contributed by atoms with van der Waals surface area (Å²) < 4.78 is 0. The highest BCUT2D eigenvalue weighted by Gasteiger charge is 2.11. The first kappa shape index (κ1) is 14.6. The fourth-order valence-corrected chi connectivity index (χ4v) is 1.49. The summed E-state index contributed by atoms with van der Waals surface area (Å²) in [4.78, 5) is 12.0. The lowest BCUT2D eigenvalue weighted by atomic mass is 10.1. The normalized spacial score (nSPS) is 11.6. The molecule has 1 rings (SSSR count). The van der Waals surface area contributed by atoms with E-state index in [2.05, 4.69) is 11.9 Å². The second-order valence-corrected chi connectivity index (χ2v) is 3.97. The molecule has 0 heterocycles. The van der Waals surface area contributed by atoms with Crippen LogP contribution in [0.5, 0.6) is 11.5 Å². The molecule has 0 unspecified atom stereocenters. The molecular weight excluding hydrogens is 242 g/mol. The van der Waals surface area contributed by atoms with E-state index < -0.39 is 5.91 Å². The third-order valence-corrected chi connectivity index (χ3v) is 2.47. The molecule has 4 heteroatoms. The minimum absolute atomic E-state index is 0.00776. The maximum absolute atomic E-state index is 12.0. The zero-order valence-corrected chi connectivity index (χ0v) is 11.0. The minimum Gasteiger partial charge on any atom is -0.508 e. The molecule has 0 spiro atoms. The van der Waals surface area contributed by atoms with Crippen molar-refractivity contribution in [2.75, 3.05) is 5.32 Å². The molecule has 1 aromatic rings. The zero-order chi connectivity index (χ0) is 14.4. The van der Waals surface area contributed by atoms with Crippen molar-refractivity contribution >= 4 is 11.6 Å². The van der Waals surface area contributed by atoms with E-state index >= 15 is 0 Å². The molecule has 19 heavy (non-hydrogen) atoms. The largest absolute Gasteiger partial charge is 0.508 e. The highest BCUT2D eigenvalue weighted by Crippen LogP contribution is 2.31. The number of hydrogen-bond acceptors (Lipinski definition) is 3. The molecular formula is C15H17NO3. The van der Waals surface area contributed by atoms with E-state index in [-0.39, 0.29) is 17.2 Å². The van der Waals surface area contributed by atoms with Gasteiger partial charge < -0.3 is 15.5 Å². The summed E-state index contributed by atoms with van der Waals surface area (Å²) in [7, 11) is 0. The highest BCUT2D eigenvalue weighted by atomic mass is 16.3. The summed E-state index contributed by atoms with van der Waals surface area (Å²) >= 11 is 0. The van der Waals surface area contributed by atoms with Crippen LogP contribution in [0.2, 0.25) is 0 Å². The molecule has 100 valence electrons. The average Bonchev–Trinajstić information content (AvgIpc) is 2.35. The van der Waals surface area contributed by atoms with E-state index in [0.29, 0.717) is 11.1 Å². The van der Waals surface area contributed by atoms with Crippen molar-refractivity contribution in [1.82, 2.24) is 0 Å². The van der Waals surface area contributed by atoms with E-state index in [9.17, 15) is 15.0 Å². The van der Waals surface area contributed by atoms with Gasteiger partial charge in [-0.05, 0) is 25.5 Å². The number of hydrogen-bond donors (Lipinski definition) is 3. The van der Waals surface area contributed by atoms with Crippen LogP contribution in [0.3, 0.4) is 0 Å². The number of phenolic OH excluding ortho intramolecular Hbond substituents is 2. The molecule has 4 nitrogen and oxygen atoms in total. The Kier molecular flexibility index (Phi) is 4.94. The van der Waals surface area contributed by atoms with Crippen molar-refractivity contribution < 1.29 is 15.0 Å². The number of benzene rings is 1. The molecule has 0 aromatic heterocycles. The number of allylic oxidation sites excluding steroid dienone is 3. The quantitative estimate of drug-likeness (QED) is 0.337. The Bertz CT molecular complexity index is 557. The van der Waals surface area contributed by atoms with E-state index in [0.717, 1.165) is 0 Å². The number of anilines is 1. The summed E-state index contributed by atoms with van der Waals surface area (Å²) in [6.07, 6.45) is 6.41. The van der Waals surface area contributed by atoms with Crippen LogP contribution < -0.4 is 5.32 Å². The van der Waals surface area contributed by atoms with E-state index in [1.54, 1.807) is 32.1 Å². The third kappa shape index (κ3) is 3.74. The Balaban J connectivity index is 3.02. The van der Waals surface area contributed by atoms with Crippen LogP contribution in [0.25, 0.3) is 0 Å². The highest BCUT2D eigenvalue weighted by molar-refractivity contribution is 6.06. The fourth-order valence-electron chi connectivity index (χ4n) is 1.49. The van der Waals surface area contributed by atoms with E-state index in [1.807, 2.05) is 0 Å². The van der Waals surface area contributed by atoms with Gasteiger partial charge in [-0.15, -0.1) is 0 Å². The number of amides is 1. The fraction of sp³-hybridized carbons (Fsp3) is 0.133. The number of phenols is 2. The number of nitrogens with one attached hydrogen (secondary N) is 1. The SMILES string of the molecule is C=C/C=C(\C=C/C)C(=O)Nc1cc(O)c(C)cc1O. The minimum atomic E-state index is -0.392. The van der Waals surface area contributed by atoms with Gasteiger partial charge in [-0.1, -0.05) is 30.9 Å². The molecule has 0 saturated carbocycles. The van der Waals surface area contributed by atoms with Crippen molar-refractivity contribution in [3.05, 3.63) is 54.2 Å². The van der Waals surface area contributed by atoms with Crippen LogP contribution >= 0.6 is 0 Å². The molecule has 0 bridgehead atoms. The Morgan fingerprint density at radius 3 is 2.58 bits per heavy atom. The molecule has 1 amide bonds. The summed E-state index contributed by atoms with van der Waals surface area (Å²) in [5.41, 5.74) is 1.09. The number of rotatable bonds is 4. The molecule has 0 aliphatic rings. The van der Waals surface area contributed by atoms with Crippen molar-refractivity contribution in [2.24, 2.45) is 0 Å². The first-order chi connectivity index (χ1) is 8.99. The standard InChI is InChI=1S/C15H17NO3/c1-4-6-11(7-5-2)15(19)16-12-9-13(17)10(3)8-14(12)18/h4-9,17-18H,1H2,2-3H3,(H,16,19)/b7-5-,11-6+. The zero-order valence-electron chi connectivity index (χ0n) is 11.0. The first-order valence-corrected chi connectivity index (χ1v) is 5.79. The number of carbonyl (C=O) groups excluding carboxylic acids is 1. The Morgan fingerprint density at radius 1 is 1.32 bits per heavy atom. The van der Waals surface area contributed by atoms with Crippen molar-refractivity contribution in [3.8, 4) is 11.5 Å². The molecule has 0 aliphatic carbocycles. The Morgan fingerprint density at radius 2 is 2.00 bits per heavy atom. The number of aromatic hydroxyl groups is 2. The van der Waals surface area contributed by atoms with Crippen LogP contribution in [0.15, 0.2) is 48.6 Å². The topological polar surface area (TPSA) is 69.6 Å². The molecule has 0 radical (unpaired) electrons. The van der Waals surface area contributed by atoms with Gasteiger partial charge in [0.1, 0.15) is 11.5 Å². The summed E-state index contributed by atoms with van der Waals surface area (Å²) in [6, 6.07) is 2.70. The van der Waals surface area contributed by atoms with Gasteiger partial charge in [-0.3, -0.25) is 4.79 Å². The third-order valence-electron chi connectivity index (χ3n) is 2.47. The van der Waals surface area contributed by atoms with Crippen LogP contribution in [0.4, 0.5) is 5.69 Å². The maximum Gasteiger partial charge on any atom is 0.255 e. The molecule has 0 fully saturated rings. The number of aryl methyl sites for hydroxylation is 1. The second-order valence-electron chi connectivity index (χ2n) is 3.97. The molecule has 3 N–H and O–H groups in total. The molecule has 0 aliphatic heterocycles. The van der Waals surface area contributed by atoms with Crippen LogP contribution in [-0.2, 0) is 4.79 Å². The van der Waals surface area contributed by atoms with Crippen LogP contribution in [-0.4, -0.2) is 16.1 Å². The van der Waals surface area contributed by atoms with Gasteiger partial charge in [0, 0.05) is 11.6 Å². The van der Waals surface area contributed by atoms with Gasteiger partial charge in [-0.25, -0.2) is 0 Å². The van der Waals surface area contributed by atoms with Gasteiger partial charge in [-0.2, -0.15) is 0 Å². The van der Waals surface area contributed by atoms with Crippen LogP contribution in [0.1, 0.15) is 12.5 Å². The van der Waals surface area contributed by atoms with E-state index in [1.165, 1.54) is 18.2 Å². The molecule has 0 saturated heterocycles. The Hall–Kier alpha value is -2.49. The van der Waals surface area contributed by atoms with Gasteiger partial charge in [0.05, 0.1) is 5.69 Å². The summed E-state index contributed by atoms with van der Waals surface area (Å²) in [5, 5.41) is 21.8. The number of carbonyl (C=O) groups is 1. The average molecular weight is 259 g/mol. The lowest BCUT2D eigenvalue weighted by molar-refractivity contribution is -0.112. The molecule has 0 atom stereocenters. The monoisotopic (exact) mass is 259 g/mol. The summed E-state index contributed by atoms with van der Waals surface area (Å²) in [6.45, 7) is 6.98. The van der Waals surface area contributed by atoms with Gasteiger partial charge >= 0.3 is 0 Å². The van der Waals surface area contributed by atoms with Crippen molar-refractivity contribution in [3.63, 3.8) is 0 Å². The Labute approximate surface area is 112 Å². The maximum atomic E-state index is 12.0. The second kappa shape index (κ2) is 6.44. The lowest BCUT2D eigenvalue weighted by Crippen LogP contribution is -2.13. The first-order valence-electron chi connectivity index (χ1n) is 5.79. The van der Waals surface area contributed by atoms with Gasteiger partial charge in [0.25, 0.3) is 5.91 Å². The summed E-state index contributed by atoms with van der Waals surface area (Å²) in [5.74, 6) is -0.480. The van der Waals surface area contributed by atoms with E-state index in [4.69, 9.17) is 0 Å². The smallest absolute Gasteiger partial charge is 0.255 e.